The summed E-state index contributed by atoms with van der Waals surface area (Å²) in [4.78, 5) is 0. The fourth-order valence-electron chi connectivity index (χ4n) is 1.84. The van der Waals surface area contributed by atoms with Gasteiger partial charge in [-0.05, 0) is 23.3 Å². The fraction of sp³-hybridized carbons (Fsp3) is 0.200. The summed E-state index contributed by atoms with van der Waals surface area (Å²) in [5.41, 5.74) is 6.30. The Morgan fingerprint density at radius 2 is 1.65 bits per heavy atom. The fourth-order valence-corrected chi connectivity index (χ4v) is 2.84. The van der Waals surface area contributed by atoms with Crippen LogP contribution in [0.3, 0.4) is 0 Å². The lowest BCUT2D eigenvalue weighted by Crippen LogP contribution is -2.09. The molecule has 0 aromatic heterocycles. The Hall–Kier alpha value is -1.62. The molecule has 2 N–H and O–H groups in total. The second-order valence-electron chi connectivity index (χ2n) is 4.39. The van der Waals surface area contributed by atoms with Gasteiger partial charge in [-0.15, -0.1) is 0 Å². The standard InChI is InChI=1S/C15H14F3NS/c16-15(17,18)14-8-13(19)7-6-12(14)10-20-9-11-4-2-1-3-5-11/h1-8H,9-10,19H2. The molecule has 2 rings (SSSR count). The lowest BCUT2D eigenvalue weighted by atomic mass is 10.1. The summed E-state index contributed by atoms with van der Waals surface area (Å²) < 4.78 is 38.7. The van der Waals surface area contributed by atoms with E-state index in [4.69, 9.17) is 5.73 Å². The van der Waals surface area contributed by atoms with Crippen LogP contribution in [-0.4, -0.2) is 0 Å². The first-order chi connectivity index (χ1) is 9.47. The quantitative estimate of drug-likeness (QED) is 0.826. The van der Waals surface area contributed by atoms with E-state index in [9.17, 15) is 13.2 Å². The Morgan fingerprint density at radius 3 is 2.30 bits per heavy atom. The molecule has 0 saturated carbocycles. The second-order valence-corrected chi connectivity index (χ2v) is 5.38. The molecule has 20 heavy (non-hydrogen) atoms. The summed E-state index contributed by atoms with van der Waals surface area (Å²) in [5, 5.41) is 0. The molecule has 0 atom stereocenters. The normalized spacial score (nSPS) is 11.6. The van der Waals surface area contributed by atoms with Crippen molar-refractivity contribution >= 4 is 17.4 Å². The average Bonchev–Trinajstić information content (AvgIpc) is 2.40. The summed E-state index contributed by atoms with van der Waals surface area (Å²) in [6, 6.07) is 13.6. The maximum Gasteiger partial charge on any atom is 0.416 e. The molecule has 5 heteroatoms. The number of halogens is 3. The van der Waals surface area contributed by atoms with Crippen molar-refractivity contribution in [1.82, 2.24) is 0 Å². The summed E-state index contributed by atoms with van der Waals surface area (Å²) >= 11 is 1.45. The third-order valence-electron chi connectivity index (χ3n) is 2.81. The van der Waals surface area contributed by atoms with Crippen LogP contribution in [0.4, 0.5) is 18.9 Å². The number of anilines is 1. The van der Waals surface area contributed by atoms with Crippen molar-refractivity contribution in [2.24, 2.45) is 0 Å². The van der Waals surface area contributed by atoms with E-state index in [-0.39, 0.29) is 11.3 Å². The molecular formula is C15H14F3NS. The Labute approximate surface area is 120 Å². The lowest BCUT2D eigenvalue weighted by molar-refractivity contribution is -0.138. The molecule has 0 heterocycles. The van der Waals surface area contributed by atoms with Gasteiger partial charge in [0, 0.05) is 17.2 Å². The molecule has 2 aromatic carbocycles. The Morgan fingerprint density at radius 1 is 0.950 bits per heavy atom. The Balaban J connectivity index is 2.06. The van der Waals surface area contributed by atoms with Crippen molar-refractivity contribution in [3.63, 3.8) is 0 Å². The Bertz CT molecular complexity index is 567. The van der Waals surface area contributed by atoms with E-state index in [0.29, 0.717) is 11.5 Å². The minimum atomic E-state index is -4.36. The molecule has 1 nitrogen and oxygen atoms in total. The van der Waals surface area contributed by atoms with Crippen LogP contribution in [-0.2, 0) is 17.7 Å². The van der Waals surface area contributed by atoms with Gasteiger partial charge in [0.2, 0.25) is 0 Å². The van der Waals surface area contributed by atoms with Crippen LogP contribution in [0, 0.1) is 0 Å². The van der Waals surface area contributed by atoms with Crippen molar-refractivity contribution in [2.45, 2.75) is 17.7 Å². The van der Waals surface area contributed by atoms with Crippen LogP contribution in [0.1, 0.15) is 16.7 Å². The van der Waals surface area contributed by atoms with Gasteiger partial charge < -0.3 is 5.73 Å². The van der Waals surface area contributed by atoms with E-state index in [1.165, 1.54) is 23.9 Å². The highest BCUT2D eigenvalue weighted by atomic mass is 32.2. The van der Waals surface area contributed by atoms with Gasteiger partial charge in [0.15, 0.2) is 0 Å². The van der Waals surface area contributed by atoms with Crippen molar-refractivity contribution < 1.29 is 13.2 Å². The molecule has 106 valence electrons. The van der Waals surface area contributed by atoms with E-state index >= 15 is 0 Å². The SMILES string of the molecule is Nc1ccc(CSCc2ccccc2)c(C(F)(F)F)c1. The zero-order chi connectivity index (χ0) is 14.6. The largest absolute Gasteiger partial charge is 0.416 e. The Kier molecular flexibility index (Phi) is 4.60. The number of alkyl halides is 3. The number of rotatable bonds is 4. The molecule has 0 aliphatic heterocycles. The highest BCUT2D eigenvalue weighted by molar-refractivity contribution is 7.97. The summed E-state index contributed by atoms with van der Waals surface area (Å²) in [5.74, 6) is 0.993. The van der Waals surface area contributed by atoms with E-state index < -0.39 is 11.7 Å². The molecule has 0 aliphatic carbocycles. The molecule has 0 spiro atoms. The van der Waals surface area contributed by atoms with Crippen LogP contribution in [0.2, 0.25) is 0 Å². The predicted molar refractivity (Wildman–Crippen MR) is 77.3 cm³/mol. The predicted octanol–water partition coefficient (Wildman–Crippen LogP) is 4.72. The number of benzene rings is 2. The number of nitrogens with two attached hydrogens (primary N) is 1. The van der Waals surface area contributed by atoms with Crippen LogP contribution in [0.5, 0.6) is 0 Å². The van der Waals surface area contributed by atoms with Gasteiger partial charge in [-0.1, -0.05) is 36.4 Å². The molecule has 0 aliphatic rings. The lowest BCUT2D eigenvalue weighted by Gasteiger charge is -2.13. The van der Waals surface area contributed by atoms with E-state index in [0.717, 1.165) is 11.6 Å². The monoisotopic (exact) mass is 297 g/mol. The van der Waals surface area contributed by atoms with Gasteiger partial charge in [-0.3, -0.25) is 0 Å². The first-order valence-corrected chi connectivity index (χ1v) is 7.19. The van der Waals surface area contributed by atoms with Crippen molar-refractivity contribution in [2.75, 3.05) is 5.73 Å². The minimum Gasteiger partial charge on any atom is -0.399 e. The van der Waals surface area contributed by atoms with Gasteiger partial charge in [-0.25, -0.2) is 0 Å². The molecule has 0 radical (unpaired) electrons. The maximum atomic E-state index is 12.9. The van der Waals surface area contributed by atoms with Crippen molar-refractivity contribution in [3.05, 3.63) is 65.2 Å². The van der Waals surface area contributed by atoms with E-state index in [1.54, 1.807) is 0 Å². The van der Waals surface area contributed by atoms with Gasteiger partial charge in [0.1, 0.15) is 0 Å². The smallest absolute Gasteiger partial charge is 0.399 e. The molecule has 2 aromatic rings. The zero-order valence-corrected chi connectivity index (χ0v) is 11.5. The zero-order valence-electron chi connectivity index (χ0n) is 10.7. The van der Waals surface area contributed by atoms with Gasteiger partial charge in [-0.2, -0.15) is 24.9 Å². The van der Waals surface area contributed by atoms with Crippen LogP contribution < -0.4 is 5.73 Å². The van der Waals surface area contributed by atoms with Crippen molar-refractivity contribution in [1.29, 1.82) is 0 Å². The number of nitrogen functional groups attached to an aromatic ring is 1. The van der Waals surface area contributed by atoms with Crippen LogP contribution in [0.25, 0.3) is 0 Å². The van der Waals surface area contributed by atoms with Gasteiger partial charge in [0.25, 0.3) is 0 Å². The molecule has 0 amide bonds. The third-order valence-corrected chi connectivity index (χ3v) is 3.86. The summed E-state index contributed by atoms with van der Waals surface area (Å²) in [6.45, 7) is 0. The first kappa shape index (κ1) is 14.8. The topological polar surface area (TPSA) is 26.0 Å². The average molecular weight is 297 g/mol. The maximum absolute atomic E-state index is 12.9. The molecule has 0 unspecified atom stereocenters. The third kappa shape index (κ3) is 3.93. The van der Waals surface area contributed by atoms with Gasteiger partial charge >= 0.3 is 6.18 Å². The summed E-state index contributed by atoms with van der Waals surface area (Å²) in [7, 11) is 0. The van der Waals surface area contributed by atoms with E-state index in [2.05, 4.69) is 0 Å². The first-order valence-electron chi connectivity index (χ1n) is 6.04. The number of hydrogen-bond acceptors (Lipinski definition) is 2. The van der Waals surface area contributed by atoms with E-state index in [1.807, 2.05) is 30.3 Å². The van der Waals surface area contributed by atoms with Crippen LogP contribution in [0.15, 0.2) is 48.5 Å². The highest BCUT2D eigenvalue weighted by Crippen LogP contribution is 2.35. The molecule has 0 saturated heterocycles. The number of hydrogen-bond donors (Lipinski definition) is 1. The summed E-state index contributed by atoms with van der Waals surface area (Å²) in [6.07, 6.45) is -4.36. The second kappa shape index (κ2) is 6.22. The van der Waals surface area contributed by atoms with Gasteiger partial charge in [0.05, 0.1) is 5.56 Å². The van der Waals surface area contributed by atoms with Crippen LogP contribution >= 0.6 is 11.8 Å². The molecule has 0 fully saturated rings. The molecule has 0 bridgehead atoms. The highest BCUT2D eigenvalue weighted by Gasteiger charge is 2.33. The minimum absolute atomic E-state index is 0.133. The number of thioether (sulfide) groups is 1. The van der Waals surface area contributed by atoms with Crippen molar-refractivity contribution in [3.8, 4) is 0 Å². The molecular weight excluding hydrogens is 283 g/mol.